The fourth-order valence-corrected chi connectivity index (χ4v) is 2.45. The monoisotopic (exact) mass is 283 g/mol. The molecule has 1 N–H and O–H groups in total. The minimum atomic E-state index is -0.348. The molecule has 0 saturated carbocycles. The molecule has 0 aliphatic carbocycles. The number of rotatable bonds is 3. The number of carbonyl (C=O) groups excluding carboxylic acids is 1. The molecule has 0 spiro atoms. The maximum atomic E-state index is 12.2. The summed E-state index contributed by atoms with van der Waals surface area (Å²) in [4.78, 5) is 14.3. The van der Waals surface area contributed by atoms with E-state index in [0.717, 1.165) is 24.9 Å². The third-order valence-corrected chi connectivity index (χ3v) is 3.82. The van der Waals surface area contributed by atoms with E-state index >= 15 is 0 Å². The molecule has 1 heterocycles. The molecule has 1 fully saturated rings. The van der Waals surface area contributed by atoms with Crippen molar-refractivity contribution >= 4 is 11.6 Å². The van der Waals surface area contributed by atoms with Crippen LogP contribution in [0.4, 0.5) is 5.69 Å². The van der Waals surface area contributed by atoms with Crippen LogP contribution in [0.2, 0.25) is 0 Å². The molecule has 1 aliphatic heterocycles. The van der Waals surface area contributed by atoms with Gasteiger partial charge in [0.1, 0.15) is 11.6 Å². The van der Waals surface area contributed by atoms with Gasteiger partial charge in [-0.25, -0.2) is 0 Å². The predicted octanol–water partition coefficient (Wildman–Crippen LogP) is 3.22. The zero-order valence-electron chi connectivity index (χ0n) is 12.6. The van der Waals surface area contributed by atoms with Crippen LogP contribution in [0.3, 0.4) is 0 Å². The first-order valence-corrected chi connectivity index (χ1v) is 7.36. The molecule has 4 nitrogen and oxygen atoms in total. The molecule has 0 bridgehead atoms. The summed E-state index contributed by atoms with van der Waals surface area (Å²) in [6.45, 7) is 5.02. The van der Waals surface area contributed by atoms with E-state index in [4.69, 9.17) is 0 Å². The SMILES string of the molecule is Cc1ccc(NC(=O)/C(C#N)=C\N2CCCCC2C)cc1. The molecule has 0 radical (unpaired) electrons. The van der Waals surface area contributed by atoms with Gasteiger partial charge in [-0.1, -0.05) is 17.7 Å². The number of hydrogen-bond acceptors (Lipinski definition) is 3. The lowest BCUT2D eigenvalue weighted by molar-refractivity contribution is -0.112. The molecule has 4 heteroatoms. The summed E-state index contributed by atoms with van der Waals surface area (Å²) >= 11 is 0. The van der Waals surface area contributed by atoms with Crippen LogP contribution >= 0.6 is 0 Å². The summed E-state index contributed by atoms with van der Waals surface area (Å²) in [6, 6.07) is 9.93. The Morgan fingerprint density at radius 3 is 2.71 bits per heavy atom. The number of anilines is 1. The van der Waals surface area contributed by atoms with E-state index in [-0.39, 0.29) is 11.5 Å². The first kappa shape index (κ1) is 15.1. The zero-order chi connectivity index (χ0) is 15.2. The van der Waals surface area contributed by atoms with Crippen molar-refractivity contribution in [3.63, 3.8) is 0 Å². The molecule has 21 heavy (non-hydrogen) atoms. The smallest absolute Gasteiger partial charge is 0.267 e. The van der Waals surface area contributed by atoms with E-state index in [1.54, 1.807) is 6.20 Å². The lowest BCUT2D eigenvalue weighted by atomic mass is 10.0. The largest absolute Gasteiger partial charge is 0.373 e. The fraction of sp³-hybridized carbons (Fsp3) is 0.412. The lowest BCUT2D eigenvalue weighted by Crippen LogP contribution is -2.34. The van der Waals surface area contributed by atoms with Crippen molar-refractivity contribution in [2.24, 2.45) is 0 Å². The second-order valence-corrected chi connectivity index (χ2v) is 5.56. The van der Waals surface area contributed by atoms with Crippen molar-refractivity contribution in [1.29, 1.82) is 5.26 Å². The quantitative estimate of drug-likeness (QED) is 0.684. The van der Waals surface area contributed by atoms with Crippen LogP contribution in [0.5, 0.6) is 0 Å². The molecule has 0 aromatic heterocycles. The number of nitrogens with one attached hydrogen (secondary N) is 1. The van der Waals surface area contributed by atoms with Crippen LogP contribution < -0.4 is 5.32 Å². The third-order valence-electron chi connectivity index (χ3n) is 3.82. The molecule has 110 valence electrons. The Morgan fingerprint density at radius 2 is 2.10 bits per heavy atom. The van der Waals surface area contributed by atoms with Gasteiger partial charge in [0.2, 0.25) is 0 Å². The third kappa shape index (κ3) is 4.09. The standard InChI is InChI=1S/C17H21N3O/c1-13-6-8-16(9-7-13)19-17(21)15(11-18)12-20-10-4-3-5-14(20)2/h6-9,12,14H,3-5,10H2,1-2H3,(H,19,21)/b15-12-. The Bertz CT molecular complexity index is 569. The molecule has 1 aliphatic rings. The number of hydrogen-bond donors (Lipinski definition) is 1. The highest BCUT2D eigenvalue weighted by molar-refractivity contribution is 6.06. The van der Waals surface area contributed by atoms with Gasteiger partial charge in [-0.3, -0.25) is 4.79 Å². The summed E-state index contributed by atoms with van der Waals surface area (Å²) in [5, 5.41) is 12.0. The number of benzene rings is 1. The van der Waals surface area contributed by atoms with E-state index in [9.17, 15) is 10.1 Å². The van der Waals surface area contributed by atoms with Gasteiger partial charge in [-0.15, -0.1) is 0 Å². The second kappa shape index (κ2) is 6.94. The van der Waals surface area contributed by atoms with Crippen LogP contribution in [-0.4, -0.2) is 23.4 Å². The van der Waals surface area contributed by atoms with E-state index in [0.29, 0.717) is 11.7 Å². The van der Waals surface area contributed by atoms with Gasteiger partial charge in [-0.2, -0.15) is 5.26 Å². The molecular weight excluding hydrogens is 262 g/mol. The minimum Gasteiger partial charge on any atom is -0.373 e. The van der Waals surface area contributed by atoms with E-state index in [1.165, 1.54) is 6.42 Å². The predicted molar refractivity (Wildman–Crippen MR) is 83.5 cm³/mol. The van der Waals surface area contributed by atoms with Crippen LogP contribution in [-0.2, 0) is 4.79 Å². The molecule has 1 saturated heterocycles. The van der Waals surface area contributed by atoms with Crippen LogP contribution in [0.25, 0.3) is 0 Å². The summed E-state index contributed by atoms with van der Waals surface area (Å²) in [7, 11) is 0. The average molecular weight is 283 g/mol. The number of amides is 1. The van der Waals surface area contributed by atoms with E-state index in [1.807, 2.05) is 37.3 Å². The van der Waals surface area contributed by atoms with Crippen molar-refractivity contribution < 1.29 is 4.79 Å². The number of carbonyl (C=O) groups is 1. The highest BCUT2D eigenvalue weighted by Gasteiger charge is 2.18. The van der Waals surface area contributed by atoms with Crippen molar-refractivity contribution in [3.8, 4) is 6.07 Å². The lowest BCUT2D eigenvalue weighted by Gasteiger charge is -2.32. The summed E-state index contributed by atoms with van der Waals surface area (Å²) < 4.78 is 0. The number of aryl methyl sites for hydroxylation is 1. The first-order valence-electron chi connectivity index (χ1n) is 7.36. The van der Waals surface area contributed by atoms with Gasteiger partial charge in [0.25, 0.3) is 5.91 Å². The van der Waals surface area contributed by atoms with Gasteiger partial charge in [0.05, 0.1) is 0 Å². The topological polar surface area (TPSA) is 56.1 Å². The van der Waals surface area contributed by atoms with Gasteiger partial charge in [-0.05, 0) is 45.2 Å². The minimum absolute atomic E-state index is 0.157. The van der Waals surface area contributed by atoms with Crippen LogP contribution in [0.1, 0.15) is 31.7 Å². The first-order chi connectivity index (χ1) is 10.1. The molecule has 1 unspecified atom stereocenters. The van der Waals surface area contributed by atoms with Crippen molar-refractivity contribution in [2.45, 2.75) is 39.2 Å². The van der Waals surface area contributed by atoms with Crippen molar-refractivity contribution in [1.82, 2.24) is 4.90 Å². The molecular formula is C17H21N3O. The molecule has 1 amide bonds. The molecule has 1 aromatic carbocycles. The number of likely N-dealkylation sites (tertiary alicyclic amines) is 1. The number of nitrogens with zero attached hydrogens (tertiary/aromatic N) is 2. The zero-order valence-corrected chi connectivity index (χ0v) is 12.6. The maximum absolute atomic E-state index is 12.2. The molecule has 2 rings (SSSR count). The van der Waals surface area contributed by atoms with Gasteiger partial charge in [0, 0.05) is 24.5 Å². The van der Waals surface area contributed by atoms with Gasteiger partial charge >= 0.3 is 0 Å². The maximum Gasteiger partial charge on any atom is 0.267 e. The number of nitriles is 1. The fourth-order valence-electron chi connectivity index (χ4n) is 2.45. The van der Waals surface area contributed by atoms with E-state index in [2.05, 4.69) is 17.1 Å². The Hall–Kier alpha value is -2.28. The van der Waals surface area contributed by atoms with Crippen molar-refractivity contribution in [2.75, 3.05) is 11.9 Å². The highest BCUT2D eigenvalue weighted by atomic mass is 16.1. The normalized spacial score (nSPS) is 19.0. The second-order valence-electron chi connectivity index (χ2n) is 5.56. The van der Waals surface area contributed by atoms with E-state index < -0.39 is 0 Å². The van der Waals surface area contributed by atoms with Crippen LogP contribution in [0.15, 0.2) is 36.0 Å². The van der Waals surface area contributed by atoms with Crippen molar-refractivity contribution in [3.05, 3.63) is 41.6 Å². The highest BCUT2D eigenvalue weighted by Crippen LogP contribution is 2.18. The van der Waals surface area contributed by atoms with Crippen LogP contribution in [0, 0.1) is 18.3 Å². The Kier molecular flexibility index (Phi) is 4.99. The average Bonchev–Trinajstić information content (AvgIpc) is 2.48. The van der Waals surface area contributed by atoms with Gasteiger partial charge in [0.15, 0.2) is 0 Å². The summed E-state index contributed by atoms with van der Waals surface area (Å²) in [5.74, 6) is -0.348. The van der Waals surface area contributed by atoms with Gasteiger partial charge < -0.3 is 10.2 Å². The molecule has 1 atom stereocenters. The summed E-state index contributed by atoms with van der Waals surface area (Å²) in [6.07, 6.45) is 5.13. The Labute approximate surface area is 126 Å². The summed E-state index contributed by atoms with van der Waals surface area (Å²) in [5.41, 5.74) is 1.99. The molecule has 1 aromatic rings. The Balaban J connectivity index is 2.07. The Morgan fingerprint density at radius 1 is 1.38 bits per heavy atom. The number of piperidine rings is 1.